The van der Waals surface area contributed by atoms with Gasteiger partial charge in [0.2, 0.25) is 5.91 Å². The summed E-state index contributed by atoms with van der Waals surface area (Å²) >= 11 is 6.20. The Hall–Kier alpha value is -2.53. The Bertz CT molecular complexity index is 865. The van der Waals surface area contributed by atoms with Crippen LogP contribution in [0.1, 0.15) is 23.2 Å². The monoisotopic (exact) mass is 411 g/mol. The van der Waals surface area contributed by atoms with Crippen LogP contribution in [0.15, 0.2) is 54.6 Å². The van der Waals surface area contributed by atoms with Gasteiger partial charge in [0.1, 0.15) is 0 Å². The second kappa shape index (κ2) is 8.87. The van der Waals surface area contributed by atoms with Crippen LogP contribution in [0, 0.1) is 5.92 Å². The maximum absolute atomic E-state index is 13.1. The van der Waals surface area contributed by atoms with Crippen LogP contribution in [-0.4, -0.2) is 60.9 Å². The van der Waals surface area contributed by atoms with Crippen molar-refractivity contribution in [1.82, 2.24) is 9.80 Å². The molecule has 0 unspecified atom stereocenters. The molecule has 0 radical (unpaired) electrons. The van der Waals surface area contributed by atoms with Gasteiger partial charge in [-0.2, -0.15) is 0 Å². The second-order valence-electron chi connectivity index (χ2n) is 7.72. The smallest absolute Gasteiger partial charge is 0.255 e. The molecule has 0 saturated carbocycles. The first-order chi connectivity index (χ1) is 14.1. The quantitative estimate of drug-likeness (QED) is 0.775. The summed E-state index contributed by atoms with van der Waals surface area (Å²) in [6, 6.07) is 17.4. The number of nitrogens with zero attached hydrogens (tertiary/aromatic N) is 3. The Labute approximate surface area is 176 Å². The van der Waals surface area contributed by atoms with Crippen molar-refractivity contribution in [3.63, 3.8) is 0 Å². The van der Waals surface area contributed by atoms with Crippen molar-refractivity contribution in [2.45, 2.75) is 12.8 Å². The normalized spacial score (nSPS) is 19.9. The maximum atomic E-state index is 13.1. The van der Waals surface area contributed by atoms with Crippen molar-refractivity contribution >= 4 is 29.1 Å². The first-order valence-corrected chi connectivity index (χ1v) is 10.6. The molecule has 2 heterocycles. The van der Waals surface area contributed by atoms with Gasteiger partial charge in [0, 0.05) is 45.0 Å². The number of hydrogen-bond donors (Lipinski definition) is 0. The number of carbonyl (C=O) groups excluding carboxylic acids is 2. The number of rotatable bonds is 3. The lowest BCUT2D eigenvalue weighted by molar-refractivity contribution is -0.137. The summed E-state index contributed by atoms with van der Waals surface area (Å²) in [5, 5.41) is 0.461. The minimum atomic E-state index is -0.126. The molecule has 2 aromatic rings. The van der Waals surface area contributed by atoms with Crippen LogP contribution in [0.2, 0.25) is 5.02 Å². The van der Waals surface area contributed by atoms with Gasteiger partial charge < -0.3 is 14.7 Å². The van der Waals surface area contributed by atoms with Gasteiger partial charge in [0.25, 0.3) is 5.91 Å². The summed E-state index contributed by atoms with van der Waals surface area (Å²) in [4.78, 5) is 32.1. The van der Waals surface area contributed by atoms with Gasteiger partial charge in [-0.1, -0.05) is 41.9 Å². The molecule has 0 aromatic heterocycles. The van der Waals surface area contributed by atoms with Gasteiger partial charge >= 0.3 is 0 Å². The summed E-state index contributed by atoms with van der Waals surface area (Å²) < 4.78 is 0. The molecule has 2 saturated heterocycles. The predicted octanol–water partition coefficient (Wildman–Crippen LogP) is 3.54. The van der Waals surface area contributed by atoms with Crippen LogP contribution < -0.4 is 4.90 Å². The van der Waals surface area contributed by atoms with E-state index in [0.717, 1.165) is 39.0 Å². The van der Waals surface area contributed by atoms with E-state index in [4.69, 9.17) is 11.6 Å². The lowest BCUT2D eigenvalue weighted by Crippen LogP contribution is -2.53. The van der Waals surface area contributed by atoms with Crippen molar-refractivity contribution in [3.05, 3.63) is 65.2 Å². The van der Waals surface area contributed by atoms with E-state index >= 15 is 0 Å². The van der Waals surface area contributed by atoms with E-state index in [0.29, 0.717) is 23.7 Å². The van der Waals surface area contributed by atoms with Crippen molar-refractivity contribution in [1.29, 1.82) is 0 Å². The number of benzene rings is 2. The van der Waals surface area contributed by atoms with Gasteiger partial charge in [-0.15, -0.1) is 0 Å². The molecule has 152 valence electrons. The van der Waals surface area contributed by atoms with Crippen LogP contribution >= 0.6 is 11.6 Å². The molecule has 5 nitrogen and oxygen atoms in total. The average Bonchev–Trinajstić information content (AvgIpc) is 2.79. The Morgan fingerprint density at radius 3 is 2.24 bits per heavy atom. The van der Waals surface area contributed by atoms with Crippen molar-refractivity contribution in [3.8, 4) is 0 Å². The molecule has 0 spiro atoms. The van der Waals surface area contributed by atoms with E-state index in [1.54, 1.807) is 17.0 Å². The fraction of sp³-hybridized carbons (Fsp3) is 0.391. The summed E-state index contributed by atoms with van der Waals surface area (Å²) in [7, 11) is 0. The molecule has 2 fully saturated rings. The SMILES string of the molecule is O=C(c1ccccc1Cl)N1CCC[C@@H](C(=O)N2CCN(c3ccccc3)CC2)C1. The van der Waals surface area contributed by atoms with Crippen LogP contribution in [0.3, 0.4) is 0 Å². The highest BCUT2D eigenvalue weighted by Crippen LogP contribution is 2.24. The fourth-order valence-electron chi connectivity index (χ4n) is 4.25. The molecule has 0 bridgehead atoms. The number of piperazine rings is 1. The predicted molar refractivity (Wildman–Crippen MR) is 115 cm³/mol. The van der Waals surface area contributed by atoms with Crippen LogP contribution in [0.4, 0.5) is 5.69 Å². The van der Waals surface area contributed by atoms with Crippen molar-refractivity contribution < 1.29 is 9.59 Å². The van der Waals surface area contributed by atoms with Gasteiger partial charge in [-0.3, -0.25) is 9.59 Å². The highest BCUT2D eigenvalue weighted by atomic mass is 35.5. The molecule has 6 heteroatoms. The number of likely N-dealkylation sites (tertiary alicyclic amines) is 1. The Kier molecular flexibility index (Phi) is 6.05. The molecule has 2 aromatic carbocycles. The number of anilines is 1. The zero-order valence-electron chi connectivity index (χ0n) is 16.5. The fourth-order valence-corrected chi connectivity index (χ4v) is 4.47. The summed E-state index contributed by atoms with van der Waals surface area (Å²) in [6.07, 6.45) is 1.68. The van der Waals surface area contributed by atoms with Gasteiger partial charge in [-0.05, 0) is 37.1 Å². The standard InChI is InChI=1S/C23H26ClN3O2/c24-21-11-5-4-10-20(21)23(29)27-12-6-7-18(17-27)22(28)26-15-13-25(14-16-26)19-8-2-1-3-9-19/h1-5,8-11,18H,6-7,12-17H2/t18-/m1/s1. The molecule has 29 heavy (non-hydrogen) atoms. The van der Waals surface area contributed by atoms with Crippen LogP contribution in [0.5, 0.6) is 0 Å². The zero-order valence-corrected chi connectivity index (χ0v) is 17.2. The second-order valence-corrected chi connectivity index (χ2v) is 8.13. The van der Waals surface area contributed by atoms with Crippen molar-refractivity contribution in [2.75, 3.05) is 44.2 Å². The first kappa shape index (κ1) is 19.8. The molecular formula is C23H26ClN3O2. The Balaban J connectivity index is 1.36. The highest BCUT2D eigenvalue weighted by molar-refractivity contribution is 6.33. The molecule has 2 aliphatic heterocycles. The Morgan fingerprint density at radius 2 is 1.52 bits per heavy atom. The third-order valence-corrected chi connectivity index (χ3v) is 6.20. The number of amides is 2. The third-order valence-electron chi connectivity index (χ3n) is 5.87. The third kappa shape index (κ3) is 4.40. The molecule has 4 rings (SSSR count). The largest absolute Gasteiger partial charge is 0.368 e. The molecule has 1 atom stereocenters. The van der Waals surface area contributed by atoms with E-state index in [1.165, 1.54) is 5.69 Å². The minimum absolute atomic E-state index is 0.0815. The molecule has 2 amide bonds. The number of hydrogen-bond acceptors (Lipinski definition) is 3. The van der Waals surface area contributed by atoms with E-state index < -0.39 is 0 Å². The van der Waals surface area contributed by atoms with Gasteiger partial charge in [-0.25, -0.2) is 0 Å². The van der Waals surface area contributed by atoms with Crippen LogP contribution in [-0.2, 0) is 4.79 Å². The summed E-state index contributed by atoms with van der Waals surface area (Å²) in [6.45, 7) is 4.28. The van der Waals surface area contributed by atoms with Gasteiger partial charge in [0.05, 0.1) is 16.5 Å². The topological polar surface area (TPSA) is 43.9 Å². The van der Waals surface area contributed by atoms with Crippen molar-refractivity contribution in [2.24, 2.45) is 5.92 Å². The summed E-state index contributed by atoms with van der Waals surface area (Å²) in [5.41, 5.74) is 1.72. The summed E-state index contributed by atoms with van der Waals surface area (Å²) in [5.74, 6) is -0.0326. The lowest BCUT2D eigenvalue weighted by Gasteiger charge is -2.39. The first-order valence-electron chi connectivity index (χ1n) is 10.3. The van der Waals surface area contributed by atoms with Crippen LogP contribution in [0.25, 0.3) is 0 Å². The molecular weight excluding hydrogens is 386 g/mol. The minimum Gasteiger partial charge on any atom is -0.368 e. The zero-order chi connectivity index (χ0) is 20.2. The molecule has 2 aliphatic rings. The number of piperidine rings is 1. The van der Waals surface area contributed by atoms with Gasteiger partial charge in [0.15, 0.2) is 0 Å². The highest BCUT2D eigenvalue weighted by Gasteiger charge is 2.33. The van der Waals surface area contributed by atoms with E-state index in [1.807, 2.05) is 35.2 Å². The lowest BCUT2D eigenvalue weighted by atomic mass is 9.95. The van der Waals surface area contributed by atoms with E-state index in [2.05, 4.69) is 17.0 Å². The average molecular weight is 412 g/mol. The molecule has 0 N–H and O–H groups in total. The number of halogens is 1. The van der Waals surface area contributed by atoms with E-state index in [-0.39, 0.29) is 17.7 Å². The number of para-hydroxylation sites is 1. The number of carbonyl (C=O) groups is 2. The van der Waals surface area contributed by atoms with E-state index in [9.17, 15) is 9.59 Å². The molecule has 0 aliphatic carbocycles. The Morgan fingerprint density at radius 1 is 0.828 bits per heavy atom. The maximum Gasteiger partial charge on any atom is 0.255 e.